The largest absolute Gasteiger partial charge is 0.360 e. The van der Waals surface area contributed by atoms with Gasteiger partial charge in [-0.05, 0) is 6.07 Å². The summed E-state index contributed by atoms with van der Waals surface area (Å²) in [6.45, 7) is 1.67. The molecule has 0 amide bonds. The van der Waals surface area contributed by atoms with Gasteiger partial charge in [-0.3, -0.25) is 0 Å². The Hall–Kier alpha value is -2.41. The Labute approximate surface area is 115 Å². The number of aryl methyl sites for hydroxylation is 1. The fraction of sp³-hybridized carbons (Fsp3) is 0.308. The molecule has 3 aromatic heterocycles. The zero-order valence-electron chi connectivity index (χ0n) is 11.1. The molecule has 1 aliphatic rings. The van der Waals surface area contributed by atoms with E-state index >= 15 is 0 Å². The van der Waals surface area contributed by atoms with E-state index in [4.69, 9.17) is 0 Å². The molecule has 0 spiro atoms. The Morgan fingerprint density at radius 1 is 1.35 bits per heavy atom. The molecule has 0 aliphatic carbocycles. The van der Waals surface area contributed by atoms with E-state index in [1.54, 1.807) is 6.33 Å². The first-order chi connectivity index (χ1) is 9.83. The molecule has 3 N–H and O–H groups in total. The van der Waals surface area contributed by atoms with Gasteiger partial charge in [0.1, 0.15) is 17.8 Å². The molecule has 4 rings (SSSR count). The first kappa shape index (κ1) is 11.4. The first-order valence-electron chi connectivity index (χ1n) is 6.58. The van der Waals surface area contributed by atoms with Crippen molar-refractivity contribution in [3.8, 4) is 0 Å². The van der Waals surface area contributed by atoms with Crippen LogP contribution in [0.5, 0.6) is 0 Å². The second-order valence-electron chi connectivity index (χ2n) is 4.98. The summed E-state index contributed by atoms with van der Waals surface area (Å²) in [5, 5.41) is 7.88. The fourth-order valence-corrected chi connectivity index (χ4v) is 2.77. The van der Waals surface area contributed by atoms with E-state index in [1.807, 2.05) is 25.6 Å². The van der Waals surface area contributed by atoms with Gasteiger partial charge in [0, 0.05) is 26.3 Å². The van der Waals surface area contributed by atoms with E-state index in [-0.39, 0.29) is 6.04 Å². The molecule has 3 aromatic rings. The van der Waals surface area contributed by atoms with Gasteiger partial charge in [0.05, 0.1) is 29.1 Å². The Kier molecular flexibility index (Phi) is 2.46. The molecule has 0 saturated heterocycles. The van der Waals surface area contributed by atoms with Crippen LogP contribution in [0.15, 0.2) is 24.9 Å². The van der Waals surface area contributed by atoms with Crippen molar-refractivity contribution in [3.63, 3.8) is 0 Å². The number of hydrogen-bond donors (Lipinski definition) is 3. The van der Waals surface area contributed by atoms with Gasteiger partial charge in [-0.15, -0.1) is 0 Å². The summed E-state index contributed by atoms with van der Waals surface area (Å²) in [4.78, 5) is 16.1. The summed E-state index contributed by atoms with van der Waals surface area (Å²) in [6.07, 6.45) is 5.30. The van der Waals surface area contributed by atoms with Crippen LogP contribution in [0.1, 0.15) is 17.4 Å². The minimum atomic E-state index is 0.152. The van der Waals surface area contributed by atoms with Gasteiger partial charge in [0.15, 0.2) is 0 Å². The van der Waals surface area contributed by atoms with Crippen LogP contribution >= 0.6 is 0 Å². The standard InChI is InChI=1S/C13H15N7/c1-20-7-18-9-4-14-5-10(11(9)20)19-13-8-2-3-15-12(8)16-6-17-13/h2-3,6-7,10,14H,4-5H2,1H3,(H2,15,16,17,19). The molecule has 4 heterocycles. The fourth-order valence-electron chi connectivity index (χ4n) is 2.77. The summed E-state index contributed by atoms with van der Waals surface area (Å²) < 4.78 is 2.07. The van der Waals surface area contributed by atoms with Crippen molar-refractivity contribution in [3.05, 3.63) is 36.3 Å². The molecule has 0 aromatic carbocycles. The van der Waals surface area contributed by atoms with Crippen molar-refractivity contribution in [1.29, 1.82) is 0 Å². The molecule has 0 bridgehead atoms. The minimum Gasteiger partial charge on any atom is -0.360 e. The predicted octanol–water partition coefficient (Wildman–Crippen LogP) is 0.948. The molecule has 0 fully saturated rings. The average Bonchev–Trinajstić information content (AvgIpc) is 3.07. The van der Waals surface area contributed by atoms with E-state index < -0.39 is 0 Å². The molecule has 1 atom stereocenters. The lowest BCUT2D eigenvalue weighted by atomic mass is 10.1. The predicted molar refractivity (Wildman–Crippen MR) is 75.2 cm³/mol. The number of H-pyrrole nitrogens is 1. The lowest BCUT2D eigenvalue weighted by molar-refractivity contribution is 0.547. The van der Waals surface area contributed by atoms with Crippen LogP contribution in [-0.2, 0) is 13.6 Å². The topological polar surface area (TPSA) is 83.5 Å². The SMILES string of the molecule is Cn1cnc2c1C(Nc1ncnc3[nH]ccc13)CNC2. The van der Waals surface area contributed by atoms with E-state index in [9.17, 15) is 0 Å². The monoisotopic (exact) mass is 269 g/mol. The quantitative estimate of drug-likeness (QED) is 0.645. The molecule has 1 unspecified atom stereocenters. The lowest BCUT2D eigenvalue weighted by Gasteiger charge is -2.25. The van der Waals surface area contributed by atoms with Crippen LogP contribution in [0, 0.1) is 0 Å². The maximum Gasteiger partial charge on any atom is 0.142 e. The molecule has 7 nitrogen and oxygen atoms in total. The van der Waals surface area contributed by atoms with Crippen molar-refractivity contribution in [2.45, 2.75) is 12.6 Å². The Bertz CT molecular complexity index is 757. The van der Waals surface area contributed by atoms with E-state index in [2.05, 4.69) is 35.1 Å². The number of imidazole rings is 1. The molecule has 20 heavy (non-hydrogen) atoms. The number of rotatable bonds is 2. The Morgan fingerprint density at radius 2 is 2.30 bits per heavy atom. The van der Waals surface area contributed by atoms with Crippen LogP contribution in [0.2, 0.25) is 0 Å². The zero-order chi connectivity index (χ0) is 13.5. The van der Waals surface area contributed by atoms with Crippen molar-refractivity contribution < 1.29 is 0 Å². The van der Waals surface area contributed by atoms with E-state index in [0.29, 0.717) is 0 Å². The second-order valence-corrected chi connectivity index (χ2v) is 4.98. The highest BCUT2D eigenvalue weighted by molar-refractivity contribution is 5.86. The van der Waals surface area contributed by atoms with Crippen LogP contribution in [0.4, 0.5) is 5.82 Å². The number of anilines is 1. The Morgan fingerprint density at radius 3 is 3.25 bits per heavy atom. The molecule has 102 valence electrons. The molecule has 0 radical (unpaired) electrons. The molecule has 0 saturated carbocycles. The zero-order valence-corrected chi connectivity index (χ0v) is 11.1. The summed E-state index contributed by atoms with van der Waals surface area (Å²) in [5.74, 6) is 0.845. The first-order valence-corrected chi connectivity index (χ1v) is 6.58. The normalized spacial score (nSPS) is 18.1. The van der Waals surface area contributed by atoms with Crippen molar-refractivity contribution in [1.82, 2.24) is 29.8 Å². The number of aromatic nitrogens is 5. The summed E-state index contributed by atoms with van der Waals surface area (Å²) >= 11 is 0. The third-order valence-corrected chi connectivity index (χ3v) is 3.70. The van der Waals surface area contributed by atoms with Crippen LogP contribution < -0.4 is 10.6 Å². The van der Waals surface area contributed by atoms with Crippen molar-refractivity contribution >= 4 is 16.9 Å². The van der Waals surface area contributed by atoms with Crippen LogP contribution in [0.3, 0.4) is 0 Å². The van der Waals surface area contributed by atoms with Crippen LogP contribution in [0.25, 0.3) is 11.0 Å². The highest BCUT2D eigenvalue weighted by atomic mass is 15.2. The van der Waals surface area contributed by atoms with Gasteiger partial charge in [0.25, 0.3) is 0 Å². The molecular formula is C13H15N7. The molecule has 7 heteroatoms. The number of aromatic amines is 1. The lowest BCUT2D eigenvalue weighted by Crippen LogP contribution is -2.33. The second kappa shape index (κ2) is 4.31. The summed E-state index contributed by atoms with van der Waals surface area (Å²) in [7, 11) is 2.03. The number of fused-ring (bicyclic) bond motifs is 2. The third kappa shape index (κ3) is 1.67. The van der Waals surface area contributed by atoms with Crippen LogP contribution in [-0.4, -0.2) is 31.0 Å². The van der Waals surface area contributed by atoms with Gasteiger partial charge in [-0.2, -0.15) is 0 Å². The number of hydrogen-bond acceptors (Lipinski definition) is 5. The number of nitrogens with one attached hydrogen (secondary N) is 3. The smallest absolute Gasteiger partial charge is 0.142 e. The van der Waals surface area contributed by atoms with Gasteiger partial charge in [-0.25, -0.2) is 15.0 Å². The van der Waals surface area contributed by atoms with Crippen molar-refractivity contribution in [2.75, 3.05) is 11.9 Å². The van der Waals surface area contributed by atoms with Gasteiger partial charge in [-0.1, -0.05) is 0 Å². The average molecular weight is 269 g/mol. The molecular weight excluding hydrogens is 254 g/mol. The highest BCUT2D eigenvalue weighted by Crippen LogP contribution is 2.26. The molecule has 1 aliphatic heterocycles. The van der Waals surface area contributed by atoms with Crippen molar-refractivity contribution in [2.24, 2.45) is 7.05 Å². The van der Waals surface area contributed by atoms with Gasteiger partial charge < -0.3 is 20.2 Å². The van der Waals surface area contributed by atoms with E-state index in [0.717, 1.165) is 35.6 Å². The maximum atomic E-state index is 4.42. The summed E-state index contributed by atoms with van der Waals surface area (Å²) in [6, 6.07) is 2.14. The minimum absolute atomic E-state index is 0.152. The van der Waals surface area contributed by atoms with Gasteiger partial charge >= 0.3 is 0 Å². The summed E-state index contributed by atoms with van der Waals surface area (Å²) in [5.41, 5.74) is 3.15. The van der Waals surface area contributed by atoms with Gasteiger partial charge in [0.2, 0.25) is 0 Å². The third-order valence-electron chi connectivity index (χ3n) is 3.70. The maximum absolute atomic E-state index is 4.42. The van der Waals surface area contributed by atoms with E-state index in [1.165, 1.54) is 5.69 Å². The number of nitrogens with zero attached hydrogens (tertiary/aromatic N) is 4. The Balaban J connectivity index is 1.73. The highest BCUT2D eigenvalue weighted by Gasteiger charge is 2.24.